The first-order valence-corrected chi connectivity index (χ1v) is 6.74. The predicted octanol–water partition coefficient (Wildman–Crippen LogP) is 3.28. The van der Waals surface area contributed by atoms with Gasteiger partial charge in [-0.3, -0.25) is 4.98 Å². The molecule has 0 aliphatic carbocycles. The second kappa shape index (κ2) is 6.92. The van der Waals surface area contributed by atoms with Gasteiger partial charge in [0.05, 0.1) is 0 Å². The highest BCUT2D eigenvalue weighted by molar-refractivity contribution is 5.54. The summed E-state index contributed by atoms with van der Waals surface area (Å²) in [6.45, 7) is 7.59. The van der Waals surface area contributed by atoms with Crippen LogP contribution >= 0.6 is 0 Å². The molecule has 1 N–H and O–H groups in total. The van der Waals surface area contributed by atoms with Crippen LogP contribution in [0.5, 0.6) is 0 Å². The molecule has 0 aliphatic rings. The van der Waals surface area contributed by atoms with Crippen molar-refractivity contribution < 1.29 is 13.2 Å². The minimum Gasteiger partial charge on any atom is -0.360 e. The molecule has 0 aliphatic heterocycles. The first-order chi connectivity index (χ1) is 9.24. The van der Waals surface area contributed by atoms with Gasteiger partial charge in [-0.25, -0.2) is 0 Å². The van der Waals surface area contributed by atoms with Crippen molar-refractivity contribution in [2.75, 3.05) is 18.0 Å². The van der Waals surface area contributed by atoms with Crippen LogP contribution in [-0.4, -0.2) is 30.3 Å². The molecule has 0 aromatic carbocycles. The van der Waals surface area contributed by atoms with E-state index in [0.29, 0.717) is 17.9 Å². The van der Waals surface area contributed by atoms with E-state index in [4.69, 9.17) is 0 Å². The van der Waals surface area contributed by atoms with Gasteiger partial charge in [0, 0.05) is 35.7 Å². The van der Waals surface area contributed by atoms with Gasteiger partial charge in [0.1, 0.15) is 6.54 Å². The topological polar surface area (TPSA) is 28.2 Å². The summed E-state index contributed by atoms with van der Waals surface area (Å²) < 4.78 is 38.3. The molecule has 0 saturated heterocycles. The lowest BCUT2D eigenvalue weighted by Gasteiger charge is -2.31. The molecule has 1 aromatic rings. The molecule has 0 amide bonds. The zero-order chi connectivity index (χ0) is 15.3. The van der Waals surface area contributed by atoms with Crippen molar-refractivity contribution in [3.63, 3.8) is 0 Å². The van der Waals surface area contributed by atoms with E-state index in [0.717, 1.165) is 12.1 Å². The fourth-order valence-corrected chi connectivity index (χ4v) is 1.98. The lowest BCUT2D eigenvalue weighted by molar-refractivity contribution is -0.120. The molecule has 1 rings (SSSR count). The third kappa shape index (κ3) is 5.00. The summed E-state index contributed by atoms with van der Waals surface area (Å²) in [5, 5.41) is 3.13. The van der Waals surface area contributed by atoms with E-state index < -0.39 is 12.7 Å². The molecular formula is C14H22F3N3. The van der Waals surface area contributed by atoms with Gasteiger partial charge in [-0.2, -0.15) is 13.2 Å². The number of hydrogen-bond donors (Lipinski definition) is 1. The molecule has 6 heteroatoms. The van der Waals surface area contributed by atoms with E-state index in [1.807, 2.05) is 6.92 Å². The van der Waals surface area contributed by atoms with Gasteiger partial charge in [0.25, 0.3) is 0 Å². The Labute approximate surface area is 118 Å². The largest absolute Gasteiger partial charge is 0.405 e. The Bertz CT molecular complexity index is 430. The van der Waals surface area contributed by atoms with Crippen molar-refractivity contribution in [3.8, 4) is 0 Å². The number of aryl methyl sites for hydroxylation is 1. The Morgan fingerprint density at radius 2 is 2.00 bits per heavy atom. The normalized spacial score (nSPS) is 12.0. The quantitative estimate of drug-likeness (QED) is 0.871. The molecule has 0 fully saturated rings. The average molecular weight is 289 g/mol. The molecule has 0 unspecified atom stereocenters. The van der Waals surface area contributed by atoms with Crippen molar-refractivity contribution in [1.29, 1.82) is 0 Å². The number of nitrogens with zero attached hydrogens (tertiary/aromatic N) is 2. The maximum Gasteiger partial charge on any atom is 0.405 e. The molecular weight excluding hydrogens is 267 g/mol. The summed E-state index contributed by atoms with van der Waals surface area (Å²) in [4.78, 5) is 5.56. The maximum absolute atomic E-state index is 12.8. The number of halogens is 3. The van der Waals surface area contributed by atoms with Crippen LogP contribution in [0.25, 0.3) is 0 Å². The van der Waals surface area contributed by atoms with Crippen molar-refractivity contribution in [1.82, 2.24) is 10.3 Å². The number of rotatable bonds is 6. The summed E-state index contributed by atoms with van der Waals surface area (Å²) in [5.74, 6) is 0. The fraction of sp³-hybridized carbons (Fsp3) is 0.643. The van der Waals surface area contributed by atoms with Crippen molar-refractivity contribution in [3.05, 3.63) is 23.5 Å². The van der Waals surface area contributed by atoms with Crippen LogP contribution in [0.4, 0.5) is 18.9 Å². The van der Waals surface area contributed by atoms with Crippen LogP contribution in [0.15, 0.2) is 12.3 Å². The minimum atomic E-state index is -4.23. The fourth-order valence-electron chi connectivity index (χ4n) is 1.98. The molecule has 0 spiro atoms. The summed E-state index contributed by atoms with van der Waals surface area (Å²) in [7, 11) is 0. The first kappa shape index (κ1) is 16.8. The summed E-state index contributed by atoms with van der Waals surface area (Å²) >= 11 is 0. The van der Waals surface area contributed by atoms with Crippen LogP contribution in [0.3, 0.4) is 0 Å². The van der Waals surface area contributed by atoms with E-state index in [1.165, 1.54) is 4.90 Å². The Morgan fingerprint density at radius 1 is 1.35 bits per heavy atom. The Balaban J connectivity index is 3.13. The average Bonchev–Trinajstić information content (AvgIpc) is 2.33. The van der Waals surface area contributed by atoms with Gasteiger partial charge in [0.15, 0.2) is 0 Å². The van der Waals surface area contributed by atoms with Crippen molar-refractivity contribution in [2.45, 2.75) is 46.5 Å². The van der Waals surface area contributed by atoms with Crippen LogP contribution in [0.1, 0.15) is 32.0 Å². The van der Waals surface area contributed by atoms with Crippen LogP contribution in [0.2, 0.25) is 0 Å². The van der Waals surface area contributed by atoms with Crippen molar-refractivity contribution >= 4 is 5.69 Å². The lowest BCUT2D eigenvalue weighted by atomic mass is 10.1. The second-order valence-corrected chi connectivity index (χ2v) is 5.07. The Morgan fingerprint density at radius 3 is 2.50 bits per heavy atom. The lowest BCUT2D eigenvalue weighted by Crippen LogP contribution is -2.40. The van der Waals surface area contributed by atoms with E-state index in [1.54, 1.807) is 33.0 Å². The molecule has 0 radical (unpaired) electrons. The molecule has 20 heavy (non-hydrogen) atoms. The van der Waals surface area contributed by atoms with Crippen LogP contribution in [-0.2, 0) is 6.54 Å². The third-order valence-electron chi connectivity index (χ3n) is 2.95. The number of alkyl halides is 3. The SMILES string of the molecule is CCNCc1cnc(C)cc1N(CC(F)(F)F)C(C)C. The molecule has 0 saturated carbocycles. The number of aromatic nitrogens is 1. The smallest absolute Gasteiger partial charge is 0.360 e. The van der Waals surface area contributed by atoms with Gasteiger partial charge in [-0.05, 0) is 33.4 Å². The monoisotopic (exact) mass is 289 g/mol. The highest BCUT2D eigenvalue weighted by Crippen LogP contribution is 2.27. The third-order valence-corrected chi connectivity index (χ3v) is 2.95. The van der Waals surface area contributed by atoms with Gasteiger partial charge >= 0.3 is 6.18 Å². The van der Waals surface area contributed by atoms with E-state index in [-0.39, 0.29) is 6.04 Å². The number of nitrogens with one attached hydrogen (secondary N) is 1. The van der Waals surface area contributed by atoms with E-state index in [9.17, 15) is 13.2 Å². The molecule has 1 heterocycles. The first-order valence-electron chi connectivity index (χ1n) is 6.74. The van der Waals surface area contributed by atoms with Gasteiger partial charge in [-0.15, -0.1) is 0 Å². The molecule has 0 atom stereocenters. The Hall–Kier alpha value is -1.30. The van der Waals surface area contributed by atoms with Gasteiger partial charge in [0.2, 0.25) is 0 Å². The summed E-state index contributed by atoms with van der Waals surface area (Å²) in [6.07, 6.45) is -2.57. The zero-order valence-electron chi connectivity index (χ0n) is 12.4. The van der Waals surface area contributed by atoms with Crippen LogP contribution in [0, 0.1) is 6.92 Å². The number of anilines is 1. The highest BCUT2D eigenvalue weighted by Gasteiger charge is 2.32. The van der Waals surface area contributed by atoms with Crippen molar-refractivity contribution in [2.24, 2.45) is 0 Å². The minimum absolute atomic E-state index is 0.237. The maximum atomic E-state index is 12.8. The standard InChI is InChI=1S/C14H22F3N3/c1-5-18-7-12-8-19-11(4)6-13(12)20(10(2)3)9-14(15,16)17/h6,8,10,18H,5,7,9H2,1-4H3. The summed E-state index contributed by atoms with van der Waals surface area (Å²) in [5.41, 5.74) is 2.11. The second-order valence-electron chi connectivity index (χ2n) is 5.07. The van der Waals surface area contributed by atoms with E-state index >= 15 is 0 Å². The summed E-state index contributed by atoms with van der Waals surface area (Å²) in [6, 6.07) is 1.48. The molecule has 0 bridgehead atoms. The molecule has 1 aromatic heterocycles. The Kier molecular flexibility index (Phi) is 5.80. The van der Waals surface area contributed by atoms with Gasteiger partial charge < -0.3 is 10.2 Å². The van der Waals surface area contributed by atoms with Gasteiger partial charge in [-0.1, -0.05) is 6.92 Å². The molecule has 3 nitrogen and oxygen atoms in total. The number of pyridine rings is 1. The van der Waals surface area contributed by atoms with Crippen LogP contribution < -0.4 is 10.2 Å². The zero-order valence-corrected chi connectivity index (χ0v) is 12.4. The number of hydrogen-bond acceptors (Lipinski definition) is 3. The molecule has 114 valence electrons. The predicted molar refractivity (Wildman–Crippen MR) is 74.9 cm³/mol. The van der Waals surface area contributed by atoms with E-state index in [2.05, 4.69) is 10.3 Å². The highest BCUT2D eigenvalue weighted by atomic mass is 19.4.